The molecule has 0 bridgehead atoms. The van der Waals surface area contributed by atoms with Gasteiger partial charge in [-0.1, -0.05) is 13.8 Å². The molecule has 82 valence electrons. The summed E-state index contributed by atoms with van der Waals surface area (Å²) in [5.41, 5.74) is 0. The minimum Gasteiger partial charge on any atom is -0.354 e. The molecule has 0 spiro atoms. The van der Waals surface area contributed by atoms with Gasteiger partial charge in [0.25, 0.3) is 0 Å². The fourth-order valence-electron chi connectivity index (χ4n) is 0.749. The van der Waals surface area contributed by atoms with Gasteiger partial charge in [0.05, 0.1) is 6.54 Å². The van der Waals surface area contributed by atoms with Crippen LogP contribution in [0.3, 0.4) is 0 Å². The van der Waals surface area contributed by atoms with Gasteiger partial charge in [0, 0.05) is 13.0 Å². The first-order valence-corrected chi connectivity index (χ1v) is 5.33. The summed E-state index contributed by atoms with van der Waals surface area (Å²) in [4.78, 5) is 22.1. The molecule has 0 saturated carbocycles. The molecule has 2 amide bonds. The van der Waals surface area contributed by atoms with Crippen LogP contribution in [0.1, 0.15) is 20.3 Å². The van der Waals surface area contributed by atoms with Gasteiger partial charge in [-0.3, -0.25) is 9.59 Å². The van der Waals surface area contributed by atoms with Crippen LogP contribution >= 0.6 is 12.6 Å². The van der Waals surface area contributed by atoms with Crippen LogP contribution in [0.2, 0.25) is 0 Å². The summed E-state index contributed by atoms with van der Waals surface area (Å²) in [5.74, 6) is 0.636. The van der Waals surface area contributed by atoms with Crippen molar-refractivity contribution >= 4 is 24.4 Å². The number of thiol groups is 1. The fourth-order valence-corrected chi connectivity index (χ4v) is 0.952. The molecular formula is C9H18N2O2S. The maximum atomic E-state index is 11.1. The van der Waals surface area contributed by atoms with Crippen molar-refractivity contribution in [2.24, 2.45) is 5.92 Å². The quantitative estimate of drug-likeness (QED) is 0.558. The number of rotatable bonds is 6. The van der Waals surface area contributed by atoms with Crippen LogP contribution in [-0.2, 0) is 9.59 Å². The van der Waals surface area contributed by atoms with E-state index in [9.17, 15) is 9.59 Å². The second kappa shape index (κ2) is 7.67. The lowest BCUT2D eigenvalue weighted by Crippen LogP contribution is -2.38. The minimum absolute atomic E-state index is 0.0549. The lowest BCUT2D eigenvalue weighted by atomic mass is 10.2. The van der Waals surface area contributed by atoms with Gasteiger partial charge in [-0.25, -0.2) is 0 Å². The molecule has 2 N–H and O–H groups in total. The molecule has 0 aliphatic carbocycles. The number of hydrogen-bond acceptors (Lipinski definition) is 3. The van der Waals surface area contributed by atoms with Crippen molar-refractivity contribution in [2.75, 3.05) is 18.8 Å². The Kier molecular flexibility index (Phi) is 7.28. The molecule has 0 aromatic carbocycles. The highest BCUT2D eigenvalue weighted by Gasteiger charge is 2.04. The van der Waals surface area contributed by atoms with E-state index >= 15 is 0 Å². The second-order valence-corrected chi connectivity index (χ2v) is 3.90. The lowest BCUT2D eigenvalue weighted by molar-refractivity contribution is -0.125. The highest BCUT2D eigenvalue weighted by molar-refractivity contribution is 7.80. The third-order valence-electron chi connectivity index (χ3n) is 1.49. The van der Waals surface area contributed by atoms with Crippen LogP contribution in [0.25, 0.3) is 0 Å². The van der Waals surface area contributed by atoms with E-state index in [0.29, 0.717) is 24.6 Å². The standard InChI is InChI=1S/C9H18N2O2S/c1-7(2)5-10-9(13)6-11-8(12)3-4-14/h7,14H,3-6H2,1-2H3,(H,10,13)(H,11,12). The van der Waals surface area contributed by atoms with Crippen molar-refractivity contribution < 1.29 is 9.59 Å². The zero-order valence-corrected chi connectivity index (χ0v) is 9.56. The van der Waals surface area contributed by atoms with Gasteiger partial charge in [-0.2, -0.15) is 12.6 Å². The van der Waals surface area contributed by atoms with Crippen molar-refractivity contribution in [3.8, 4) is 0 Å². The molecule has 0 rings (SSSR count). The smallest absolute Gasteiger partial charge is 0.239 e. The zero-order chi connectivity index (χ0) is 11.0. The van der Waals surface area contributed by atoms with Gasteiger partial charge >= 0.3 is 0 Å². The first kappa shape index (κ1) is 13.3. The van der Waals surface area contributed by atoms with E-state index in [-0.39, 0.29) is 18.4 Å². The van der Waals surface area contributed by atoms with Crippen LogP contribution in [0.4, 0.5) is 0 Å². The van der Waals surface area contributed by atoms with Gasteiger partial charge in [-0.15, -0.1) is 0 Å². The van der Waals surface area contributed by atoms with Gasteiger partial charge in [0.2, 0.25) is 11.8 Å². The molecule has 0 aliphatic heterocycles. The molecule has 5 heteroatoms. The van der Waals surface area contributed by atoms with Crippen molar-refractivity contribution in [2.45, 2.75) is 20.3 Å². The number of carbonyl (C=O) groups excluding carboxylic acids is 2. The van der Waals surface area contributed by atoms with Crippen LogP contribution < -0.4 is 10.6 Å². The minimum atomic E-state index is -0.147. The molecule has 4 nitrogen and oxygen atoms in total. The Morgan fingerprint density at radius 1 is 1.21 bits per heavy atom. The van der Waals surface area contributed by atoms with E-state index < -0.39 is 0 Å². The number of nitrogens with one attached hydrogen (secondary N) is 2. The number of amides is 2. The third kappa shape index (κ3) is 7.91. The summed E-state index contributed by atoms with van der Waals surface area (Å²) >= 11 is 3.91. The average Bonchev–Trinajstić information content (AvgIpc) is 2.12. The number of carbonyl (C=O) groups is 2. The summed E-state index contributed by atoms with van der Waals surface area (Å²) in [7, 11) is 0. The summed E-state index contributed by atoms with van der Waals surface area (Å²) in [6.07, 6.45) is 0.348. The Morgan fingerprint density at radius 2 is 1.86 bits per heavy atom. The van der Waals surface area contributed by atoms with Crippen molar-refractivity contribution in [3.63, 3.8) is 0 Å². The normalized spacial score (nSPS) is 10.0. The van der Waals surface area contributed by atoms with Crippen LogP contribution in [0.15, 0.2) is 0 Å². The van der Waals surface area contributed by atoms with Gasteiger partial charge < -0.3 is 10.6 Å². The SMILES string of the molecule is CC(C)CNC(=O)CNC(=O)CCS. The summed E-state index contributed by atoms with van der Waals surface area (Å²) in [6.45, 7) is 4.72. The average molecular weight is 218 g/mol. The summed E-state index contributed by atoms with van der Waals surface area (Å²) < 4.78 is 0. The maximum absolute atomic E-state index is 11.1. The highest BCUT2D eigenvalue weighted by atomic mass is 32.1. The topological polar surface area (TPSA) is 58.2 Å². The molecule has 0 heterocycles. The maximum Gasteiger partial charge on any atom is 0.239 e. The summed E-state index contributed by atoms with van der Waals surface area (Å²) in [5, 5.41) is 5.21. The predicted molar refractivity (Wildman–Crippen MR) is 59.3 cm³/mol. The van der Waals surface area contributed by atoms with E-state index in [1.165, 1.54) is 0 Å². The van der Waals surface area contributed by atoms with Crippen molar-refractivity contribution in [1.29, 1.82) is 0 Å². The van der Waals surface area contributed by atoms with E-state index in [2.05, 4.69) is 23.3 Å². The lowest BCUT2D eigenvalue weighted by Gasteiger charge is -2.08. The van der Waals surface area contributed by atoms with E-state index in [1.807, 2.05) is 13.8 Å². The molecule has 0 radical (unpaired) electrons. The molecule has 0 saturated heterocycles. The Morgan fingerprint density at radius 3 is 2.36 bits per heavy atom. The zero-order valence-electron chi connectivity index (χ0n) is 8.67. The predicted octanol–water partition coefficient (Wildman–Crippen LogP) is 0.195. The Hall–Kier alpha value is -0.710. The first-order valence-electron chi connectivity index (χ1n) is 4.70. The Balaban J connectivity index is 3.48. The summed E-state index contributed by atoms with van der Waals surface area (Å²) in [6, 6.07) is 0. The second-order valence-electron chi connectivity index (χ2n) is 3.45. The largest absolute Gasteiger partial charge is 0.354 e. The molecule has 14 heavy (non-hydrogen) atoms. The monoisotopic (exact) mass is 218 g/mol. The molecule has 0 fully saturated rings. The molecule has 0 aromatic heterocycles. The fraction of sp³-hybridized carbons (Fsp3) is 0.778. The molecule has 0 unspecified atom stereocenters. The Bertz CT molecular complexity index is 195. The number of hydrogen-bond donors (Lipinski definition) is 3. The van der Waals surface area contributed by atoms with E-state index in [4.69, 9.17) is 0 Å². The van der Waals surface area contributed by atoms with Crippen molar-refractivity contribution in [1.82, 2.24) is 10.6 Å². The molecule has 0 aromatic rings. The van der Waals surface area contributed by atoms with Crippen LogP contribution in [-0.4, -0.2) is 30.7 Å². The molecular weight excluding hydrogens is 200 g/mol. The van der Waals surface area contributed by atoms with Crippen LogP contribution in [0.5, 0.6) is 0 Å². The van der Waals surface area contributed by atoms with Gasteiger partial charge in [0.1, 0.15) is 0 Å². The van der Waals surface area contributed by atoms with Crippen molar-refractivity contribution in [3.05, 3.63) is 0 Å². The van der Waals surface area contributed by atoms with E-state index in [0.717, 1.165) is 0 Å². The van der Waals surface area contributed by atoms with Gasteiger partial charge in [0.15, 0.2) is 0 Å². The third-order valence-corrected chi connectivity index (χ3v) is 1.72. The van der Waals surface area contributed by atoms with Crippen LogP contribution in [0, 0.1) is 5.92 Å². The molecule has 0 aliphatic rings. The van der Waals surface area contributed by atoms with E-state index in [1.54, 1.807) is 0 Å². The highest BCUT2D eigenvalue weighted by Crippen LogP contribution is 1.86. The first-order chi connectivity index (χ1) is 6.56. The Labute approximate surface area is 90.2 Å². The molecule has 0 atom stereocenters. The van der Waals surface area contributed by atoms with Gasteiger partial charge in [-0.05, 0) is 11.7 Å².